The number of ether oxygens (including phenoxy) is 1. The Labute approximate surface area is 211 Å². The van der Waals surface area contributed by atoms with Gasteiger partial charge in [0.15, 0.2) is 6.10 Å². The van der Waals surface area contributed by atoms with Gasteiger partial charge in [0.2, 0.25) is 10.0 Å². The van der Waals surface area contributed by atoms with Crippen LogP contribution < -0.4 is 5.32 Å². The summed E-state index contributed by atoms with van der Waals surface area (Å²) in [6.07, 6.45) is 4.02. The van der Waals surface area contributed by atoms with Crippen molar-refractivity contribution >= 4 is 21.9 Å². The van der Waals surface area contributed by atoms with E-state index >= 15 is 0 Å². The number of hydrogen-bond donors (Lipinski definition) is 1. The van der Waals surface area contributed by atoms with Gasteiger partial charge in [-0.2, -0.15) is 4.31 Å². The molecule has 0 spiro atoms. The molecule has 1 amide bonds. The number of carbonyl (C=O) groups is 2. The van der Waals surface area contributed by atoms with Crippen LogP contribution in [-0.2, 0) is 37.3 Å². The summed E-state index contributed by atoms with van der Waals surface area (Å²) in [4.78, 5) is 30.6. The molecule has 1 aliphatic rings. The lowest BCUT2D eigenvalue weighted by Gasteiger charge is -2.33. The average molecular weight is 508 g/mol. The molecule has 1 N–H and O–H groups in total. The second-order valence-electron chi connectivity index (χ2n) is 8.63. The van der Waals surface area contributed by atoms with Gasteiger partial charge in [-0.05, 0) is 48.6 Å². The van der Waals surface area contributed by atoms with Gasteiger partial charge in [0.25, 0.3) is 5.91 Å². The first kappa shape index (κ1) is 25.5. The summed E-state index contributed by atoms with van der Waals surface area (Å²) < 4.78 is 33.6. The van der Waals surface area contributed by atoms with Crippen LogP contribution in [-0.4, -0.2) is 48.3 Å². The van der Waals surface area contributed by atoms with Gasteiger partial charge in [0.1, 0.15) is 6.04 Å². The monoisotopic (exact) mass is 507 g/mol. The quantitative estimate of drug-likeness (QED) is 0.446. The molecule has 36 heavy (non-hydrogen) atoms. The number of esters is 1. The molecule has 0 unspecified atom stereocenters. The van der Waals surface area contributed by atoms with E-state index in [9.17, 15) is 18.0 Å². The summed E-state index contributed by atoms with van der Waals surface area (Å²) in [5, 5.41) is 2.81. The minimum atomic E-state index is -3.89. The molecule has 1 aliphatic heterocycles. The van der Waals surface area contributed by atoms with Crippen LogP contribution in [0.15, 0.2) is 90.1 Å². The van der Waals surface area contributed by atoms with Crippen LogP contribution in [0.25, 0.3) is 0 Å². The van der Waals surface area contributed by atoms with Gasteiger partial charge in [0, 0.05) is 31.9 Å². The van der Waals surface area contributed by atoms with Gasteiger partial charge in [-0.1, -0.05) is 54.6 Å². The predicted octanol–water partition coefficient (Wildman–Crippen LogP) is 3.10. The SMILES string of the molecule is O=C(O[C@H](Cc1ccccc1)C(=O)NCc1cccnc1)[C@H]1CCCCN1S(=O)(=O)c1ccccc1. The lowest BCUT2D eigenvalue weighted by atomic mass is 10.0. The maximum Gasteiger partial charge on any atom is 0.325 e. The van der Waals surface area contributed by atoms with Gasteiger partial charge in [-0.3, -0.25) is 14.6 Å². The van der Waals surface area contributed by atoms with Crippen LogP contribution in [0.2, 0.25) is 0 Å². The Bertz CT molecular complexity index is 1250. The predicted molar refractivity (Wildman–Crippen MR) is 134 cm³/mol. The lowest BCUT2D eigenvalue weighted by Crippen LogP contribution is -2.50. The first-order valence-electron chi connectivity index (χ1n) is 11.9. The highest BCUT2D eigenvalue weighted by atomic mass is 32.2. The molecule has 0 bridgehead atoms. The van der Waals surface area contributed by atoms with E-state index in [1.165, 1.54) is 16.4 Å². The van der Waals surface area contributed by atoms with Crippen molar-refractivity contribution in [1.82, 2.24) is 14.6 Å². The van der Waals surface area contributed by atoms with Crippen LogP contribution in [0.4, 0.5) is 0 Å². The molecule has 0 radical (unpaired) electrons. The fourth-order valence-corrected chi connectivity index (χ4v) is 5.86. The number of pyridine rings is 1. The van der Waals surface area contributed by atoms with Crippen molar-refractivity contribution < 1.29 is 22.7 Å². The van der Waals surface area contributed by atoms with Gasteiger partial charge in [0.05, 0.1) is 4.90 Å². The summed E-state index contributed by atoms with van der Waals surface area (Å²) >= 11 is 0. The first-order valence-corrected chi connectivity index (χ1v) is 13.4. The Hall–Kier alpha value is -3.56. The molecular formula is C27H29N3O5S. The van der Waals surface area contributed by atoms with E-state index in [0.29, 0.717) is 19.3 Å². The van der Waals surface area contributed by atoms with Crippen molar-refractivity contribution in [2.75, 3.05) is 6.54 Å². The van der Waals surface area contributed by atoms with Crippen molar-refractivity contribution in [3.8, 4) is 0 Å². The van der Waals surface area contributed by atoms with Crippen LogP contribution in [0.5, 0.6) is 0 Å². The van der Waals surface area contributed by atoms with Crippen LogP contribution in [0.3, 0.4) is 0 Å². The smallest absolute Gasteiger partial charge is 0.325 e. The Morgan fingerprint density at radius 1 is 0.972 bits per heavy atom. The number of hydrogen-bond acceptors (Lipinski definition) is 6. The molecule has 4 rings (SSSR count). The highest BCUT2D eigenvalue weighted by Gasteiger charge is 2.40. The number of sulfonamides is 1. The zero-order chi connectivity index (χ0) is 25.4. The fourth-order valence-electron chi connectivity index (χ4n) is 4.20. The topological polar surface area (TPSA) is 106 Å². The van der Waals surface area contributed by atoms with E-state index in [1.807, 2.05) is 36.4 Å². The van der Waals surface area contributed by atoms with E-state index in [2.05, 4.69) is 10.3 Å². The fraction of sp³-hybridized carbons (Fsp3) is 0.296. The van der Waals surface area contributed by atoms with Gasteiger partial charge in [-0.15, -0.1) is 0 Å². The van der Waals surface area contributed by atoms with Crippen molar-refractivity contribution in [3.05, 3.63) is 96.3 Å². The molecule has 2 atom stereocenters. The highest BCUT2D eigenvalue weighted by Crippen LogP contribution is 2.26. The van der Waals surface area contributed by atoms with Gasteiger partial charge in [-0.25, -0.2) is 8.42 Å². The third kappa shape index (κ3) is 6.35. The van der Waals surface area contributed by atoms with Crippen molar-refractivity contribution in [2.45, 2.75) is 49.3 Å². The summed E-state index contributed by atoms with van der Waals surface area (Å²) in [5.74, 6) is -1.17. The molecule has 2 heterocycles. The van der Waals surface area contributed by atoms with Gasteiger partial charge < -0.3 is 10.1 Å². The molecule has 0 aliphatic carbocycles. The van der Waals surface area contributed by atoms with Crippen LogP contribution in [0.1, 0.15) is 30.4 Å². The number of rotatable bonds is 9. The summed E-state index contributed by atoms with van der Waals surface area (Å²) in [6, 6.07) is 19.9. The lowest BCUT2D eigenvalue weighted by molar-refractivity contribution is -0.160. The maximum absolute atomic E-state index is 13.3. The molecule has 188 valence electrons. The Kier molecular flexibility index (Phi) is 8.45. The molecule has 8 nitrogen and oxygen atoms in total. The Morgan fingerprint density at radius 2 is 1.67 bits per heavy atom. The largest absolute Gasteiger partial charge is 0.451 e. The zero-order valence-electron chi connectivity index (χ0n) is 19.8. The first-order chi connectivity index (χ1) is 17.4. The molecule has 1 aromatic heterocycles. The summed E-state index contributed by atoms with van der Waals surface area (Å²) in [7, 11) is -3.89. The summed E-state index contributed by atoms with van der Waals surface area (Å²) in [5.41, 5.74) is 1.63. The molecule has 1 saturated heterocycles. The number of benzene rings is 2. The van der Waals surface area contributed by atoms with Crippen molar-refractivity contribution in [2.24, 2.45) is 0 Å². The molecule has 0 saturated carbocycles. The third-order valence-electron chi connectivity index (χ3n) is 6.08. The number of nitrogens with one attached hydrogen (secondary N) is 1. The molecule has 2 aromatic carbocycles. The number of aromatic nitrogens is 1. The van der Waals surface area contributed by atoms with Gasteiger partial charge >= 0.3 is 5.97 Å². The van der Waals surface area contributed by atoms with Crippen molar-refractivity contribution in [1.29, 1.82) is 0 Å². The number of piperidine rings is 1. The van der Waals surface area contributed by atoms with E-state index in [0.717, 1.165) is 11.1 Å². The average Bonchev–Trinajstić information content (AvgIpc) is 2.93. The molecule has 3 aromatic rings. The van der Waals surface area contributed by atoms with E-state index < -0.39 is 34.0 Å². The highest BCUT2D eigenvalue weighted by molar-refractivity contribution is 7.89. The van der Waals surface area contributed by atoms with Crippen molar-refractivity contribution in [3.63, 3.8) is 0 Å². The maximum atomic E-state index is 13.3. The second kappa shape index (κ2) is 11.9. The minimum Gasteiger partial charge on any atom is -0.451 e. The standard InChI is InChI=1S/C27H29N3O5S/c31-26(29-20-22-12-9-16-28-19-22)25(18-21-10-3-1-4-11-21)35-27(32)24-15-7-8-17-30(24)36(33,34)23-13-5-2-6-14-23/h1-6,9-14,16,19,24-25H,7-8,15,17-18,20H2,(H,29,31)/t24-,25-/m1/s1. The Balaban J connectivity index is 1.52. The van der Waals surface area contributed by atoms with E-state index in [4.69, 9.17) is 4.74 Å². The molecular weight excluding hydrogens is 478 g/mol. The van der Waals surface area contributed by atoms with E-state index in [-0.39, 0.29) is 24.4 Å². The summed E-state index contributed by atoms with van der Waals surface area (Å²) in [6.45, 7) is 0.445. The number of carbonyl (C=O) groups excluding carboxylic acids is 2. The molecule has 1 fully saturated rings. The van der Waals surface area contributed by atoms with E-state index in [1.54, 1.807) is 36.7 Å². The zero-order valence-corrected chi connectivity index (χ0v) is 20.6. The molecule has 9 heteroatoms. The van der Waals surface area contributed by atoms with Crippen LogP contribution in [0, 0.1) is 0 Å². The second-order valence-corrected chi connectivity index (χ2v) is 10.5. The number of amides is 1. The number of nitrogens with zero attached hydrogens (tertiary/aromatic N) is 2. The normalized spacial score (nSPS) is 17.2. The van der Waals surface area contributed by atoms with Crippen LogP contribution >= 0.6 is 0 Å². The Morgan fingerprint density at radius 3 is 2.36 bits per heavy atom. The third-order valence-corrected chi connectivity index (χ3v) is 8.00. The minimum absolute atomic E-state index is 0.125.